The van der Waals surface area contributed by atoms with Crippen LogP contribution in [-0.4, -0.2) is 44.9 Å². The van der Waals surface area contributed by atoms with Crippen molar-refractivity contribution in [3.8, 4) is 0 Å². The SMILES string of the molecule is CCNC(=NCC(C)(O)c1ccsc1)NCCS(=O)(=O)c1ccccc1F.I. The van der Waals surface area contributed by atoms with E-state index >= 15 is 0 Å². The van der Waals surface area contributed by atoms with Gasteiger partial charge in [0.05, 0.1) is 12.3 Å². The second-order valence-electron chi connectivity index (χ2n) is 6.16. The van der Waals surface area contributed by atoms with Crippen molar-refractivity contribution in [3.63, 3.8) is 0 Å². The molecule has 0 aliphatic rings. The van der Waals surface area contributed by atoms with Crippen LogP contribution in [0.5, 0.6) is 0 Å². The number of guanidine groups is 1. The Bertz CT molecular complexity index is 872. The van der Waals surface area contributed by atoms with Gasteiger partial charge in [0, 0.05) is 13.1 Å². The molecule has 10 heteroatoms. The van der Waals surface area contributed by atoms with Crippen molar-refractivity contribution in [1.82, 2.24) is 10.6 Å². The molecule has 1 unspecified atom stereocenters. The predicted molar refractivity (Wildman–Crippen MR) is 122 cm³/mol. The largest absolute Gasteiger partial charge is 0.383 e. The fraction of sp³-hybridized carbons (Fsp3) is 0.389. The molecule has 2 aromatic rings. The molecular formula is C18H25FIN3O3S2. The normalized spacial score (nSPS) is 14.1. The molecule has 0 saturated heterocycles. The third-order valence-electron chi connectivity index (χ3n) is 3.87. The van der Waals surface area contributed by atoms with Gasteiger partial charge in [-0.25, -0.2) is 17.8 Å². The maximum absolute atomic E-state index is 13.7. The molecule has 156 valence electrons. The number of aliphatic hydroxyl groups is 1. The maximum Gasteiger partial charge on any atom is 0.191 e. The summed E-state index contributed by atoms with van der Waals surface area (Å²) < 4.78 is 38.3. The first-order valence-corrected chi connectivity index (χ1v) is 11.1. The Morgan fingerprint density at radius 1 is 1.29 bits per heavy atom. The minimum atomic E-state index is -3.75. The van der Waals surface area contributed by atoms with Crippen molar-refractivity contribution in [2.24, 2.45) is 4.99 Å². The van der Waals surface area contributed by atoms with Crippen molar-refractivity contribution in [3.05, 3.63) is 52.5 Å². The van der Waals surface area contributed by atoms with E-state index in [0.717, 1.165) is 11.6 Å². The van der Waals surface area contributed by atoms with Gasteiger partial charge < -0.3 is 15.7 Å². The lowest BCUT2D eigenvalue weighted by Crippen LogP contribution is -2.40. The highest BCUT2D eigenvalue weighted by Crippen LogP contribution is 2.23. The molecule has 0 saturated carbocycles. The molecule has 1 heterocycles. The summed E-state index contributed by atoms with van der Waals surface area (Å²) in [6.07, 6.45) is 0. The number of benzene rings is 1. The van der Waals surface area contributed by atoms with Gasteiger partial charge in [0.25, 0.3) is 0 Å². The molecular weight excluding hydrogens is 516 g/mol. The molecule has 28 heavy (non-hydrogen) atoms. The molecule has 0 bridgehead atoms. The van der Waals surface area contributed by atoms with E-state index in [-0.39, 0.29) is 47.7 Å². The Labute approximate surface area is 186 Å². The molecule has 0 spiro atoms. The van der Waals surface area contributed by atoms with Crippen molar-refractivity contribution in [1.29, 1.82) is 0 Å². The van der Waals surface area contributed by atoms with Crippen LogP contribution in [0.4, 0.5) is 4.39 Å². The molecule has 1 aromatic heterocycles. The standard InChI is InChI=1S/C18H24FN3O3S2.HI/c1-3-20-17(22-13-18(2,23)14-8-10-26-12-14)21-9-11-27(24,25)16-7-5-4-6-15(16)19;/h4-8,10,12,23H,3,9,11,13H2,1-2H3,(H2,20,21,22);1H. The summed E-state index contributed by atoms with van der Waals surface area (Å²) in [5.74, 6) is -0.652. The van der Waals surface area contributed by atoms with Gasteiger partial charge in [-0.15, -0.1) is 24.0 Å². The number of nitrogens with one attached hydrogen (secondary N) is 2. The van der Waals surface area contributed by atoms with Crippen LogP contribution in [0.2, 0.25) is 0 Å². The fourth-order valence-electron chi connectivity index (χ4n) is 2.35. The summed E-state index contributed by atoms with van der Waals surface area (Å²) in [5.41, 5.74) is -0.351. The number of rotatable bonds is 8. The summed E-state index contributed by atoms with van der Waals surface area (Å²) in [6, 6.07) is 7.14. The van der Waals surface area contributed by atoms with Gasteiger partial charge in [-0.05, 0) is 48.4 Å². The topological polar surface area (TPSA) is 90.8 Å². The number of nitrogens with zero attached hydrogens (tertiary/aromatic N) is 1. The van der Waals surface area contributed by atoms with E-state index in [0.29, 0.717) is 12.5 Å². The number of sulfone groups is 1. The summed E-state index contributed by atoms with van der Waals surface area (Å²) >= 11 is 1.49. The molecule has 0 amide bonds. The molecule has 1 aromatic carbocycles. The van der Waals surface area contributed by atoms with Crippen LogP contribution in [0, 0.1) is 5.82 Å². The van der Waals surface area contributed by atoms with Gasteiger partial charge in [-0.3, -0.25) is 0 Å². The van der Waals surface area contributed by atoms with Crippen LogP contribution >= 0.6 is 35.3 Å². The van der Waals surface area contributed by atoms with Gasteiger partial charge in [0.15, 0.2) is 15.8 Å². The first-order chi connectivity index (χ1) is 12.8. The summed E-state index contributed by atoms with van der Waals surface area (Å²) in [4.78, 5) is 4.02. The molecule has 2 rings (SSSR count). The van der Waals surface area contributed by atoms with Gasteiger partial charge in [-0.1, -0.05) is 12.1 Å². The molecule has 3 N–H and O–H groups in total. The molecule has 0 radical (unpaired) electrons. The summed E-state index contributed by atoms with van der Waals surface area (Å²) in [6.45, 7) is 4.30. The molecule has 0 aliphatic heterocycles. The highest BCUT2D eigenvalue weighted by atomic mass is 127. The number of thiophene rings is 1. The van der Waals surface area contributed by atoms with Crippen LogP contribution in [0.3, 0.4) is 0 Å². The third-order valence-corrected chi connectivity index (χ3v) is 6.29. The van der Waals surface area contributed by atoms with E-state index in [2.05, 4.69) is 15.6 Å². The smallest absolute Gasteiger partial charge is 0.191 e. The second kappa shape index (κ2) is 11.1. The van der Waals surface area contributed by atoms with E-state index < -0.39 is 21.3 Å². The number of aliphatic imine (C=N–C) groups is 1. The lowest BCUT2D eigenvalue weighted by atomic mass is 10.00. The van der Waals surface area contributed by atoms with E-state index in [9.17, 15) is 17.9 Å². The van der Waals surface area contributed by atoms with Crippen molar-refractivity contribution in [2.75, 3.05) is 25.4 Å². The van der Waals surface area contributed by atoms with Crippen LogP contribution in [0.1, 0.15) is 19.4 Å². The lowest BCUT2D eigenvalue weighted by molar-refractivity contribution is 0.0677. The highest BCUT2D eigenvalue weighted by Gasteiger charge is 2.23. The summed E-state index contributed by atoms with van der Waals surface area (Å²) in [5, 5.41) is 20.2. The van der Waals surface area contributed by atoms with Gasteiger partial charge in [0.2, 0.25) is 0 Å². The quantitative estimate of drug-likeness (QED) is 0.272. The minimum absolute atomic E-state index is 0. The minimum Gasteiger partial charge on any atom is -0.383 e. The molecule has 6 nitrogen and oxygen atoms in total. The van der Waals surface area contributed by atoms with Crippen LogP contribution < -0.4 is 10.6 Å². The van der Waals surface area contributed by atoms with Crippen molar-refractivity contribution >= 4 is 51.1 Å². The van der Waals surface area contributed by atoms with E-state index in [1.807, 2.05) is 23.8 Å². The first kappa shape index (κ1) is 24.8. The zero-order valence-corrected chi connectivity index (χ0v) is 19.6. The maximum atomic E-state index is 13.7. The Hall–Kier alpha value is -1.24. The lowest BCUT2D eigenvalue weighted by Gasteiger charge is -2.21. The van der Waals surface area contributed by atoms with Crippen LogP contribution in [0.25, 0.3) is 0 Å². The van der Waals surface area contributed by atoms with Gasteiger partial charge in [-0.2, -0.15) is 11.3 Å². The van der Waals surface area contributed by atoms with E-state index in [1.54, 1.807) is 6.92 Å². The summed E-state index contributed by atoms with van der Waals surface area (Å²) in [7, 11) is -3.75. The second-order valence-corrected chi connectivity index (χ2v) is 9.01. The first-order valence-electron chi connectivity index (χ1n) is 8.51. The van der Waals surface area contributed by atoms with Crippen molar-refractivity contribution < 1.29 is 17.9 Å². The Morgan fingerprint density at radius 2 is 2.00 bits per heavy atom. The zero-order valence-electron chi connectivity index (χ0n) is 15.7. The molecule has 1 atom stereocenters. The Morgan fingerprint density at radius 3 is 2.61 bits per heavy atom. The molecule has 0 fully saturated rings. The fourth-order valence-corrected chi connectivity index (χ4v) is 4.37. The Balaban J connectivity index is 0.00000392. The van der Waals surface area contributed by atoms with Crippen LogP contribution in [-0.2, 0) is 15.4 Å². The zero-order chi connectivity index (χ0) is 19.9. The average Bonchev–Trinajstić information content (AvgIpc) is 3.15. The van der Waals surface area contributed by atoms with Crippen molar-refractivity contribution in [2.45, 2.75) is 24.3 Å². The number of hydrogen-bond acceptors (Lipinski definition) is 5. The molecule has 0 aliphatic carbocycles. The van der Waals surface area contributed by atoms with Gasteiger partial charge in [0.1, 0.15) is 16.3 Å². The third kappa shape index (κ3) is 6.98. The number of hydrogen-bond donors (Lipinski definition) is 3. The average molecular weight is 541 g/mol. The number of halogens is 2. The Kier molecular flexibility index (Phi) is 9.81. The van der Waals surface area contributed by atoms with E-state index in [4.69, 9.17) is 0 Å². The van der Waals surface area contributed by atoms with E-state index in [1.165, 1.54) is 29.5 Å². The van der Waals surface area contributed by atoms with Crippen LogP contribution in [0.15, 0.2) is 51.0 Å². The highest BCUT2D eigenvalue weighted by molar-refractivity contribution is 14.0. The monoisotopic (exact) mass is 541 g/mol. The van der Waals surface area contributed by atoms with Gasteiger partial charge >= 0.3 is 0 Å². The predicted octanol–water partition coefficient (Wildman–Crippen LogP) is 2.74.